The van der Waals surface area contributed by atoms with Gasteiger partial charge in [-0.1, -0.05) is 24.8 Å². The minimum atomic E-state index is 0.207. The third-order valence-corrected chi connectivity index (χ3v) is 8.40. The molecule has 1 aliphatic heterocycles. The van der Waals surface area contributed by atoms with Crippen LogP contribution in [-0.4, -0.2) is 37.7 Å². The lowest BCUT2D eigenvalue weighted by Crippen LogP contribution is -2.16. The molecule has 5 rings (SSSR count). The Kier molecular flexibility index (Phi) is 6.22. The number of aryl methyl sites for hydroxylation is 2. The molecule has 1 aliphatic rings. The number of hydrogen-bond acceptors (Lipinski definition) is 9. The number of thiophene rings is 2. The highest BCUT2D eigenvalue weighted by Gasteiger charge is 2.23. The number of nitrogens with zero attached hydrogens (tertiary/aromatic N) is 5. The first-order valence-corrected chi connectivity index (χ1v) is 13.0. The summed E-state index contributed by atoms with van der Waals surface area (Å²) >= 11 is 4.96. The van der Waals surface area contributed by atoms with Crippen LogP contribution in [0.3, 0.4) is 0 Å². The van der Waals surface area contributed by atoms with Crippen LogP contribution in [0.4, 0.5) is 0 Å². The van der Waals surface area contributed by atoms with Gasteiger partial charge in [-0.3, -0.25) is 4.57 Å². The molecular formula is C21H23N5O2S3. The highest BCUT2D eigenvalue weighted by atomic mass is 32.2. The zero-order valence-electron chi connectivity index (χ0n) is 17.4. The Morgan fingerprint density at radius 1 is 1.23 bits per heavy atom. The number of aromatic nitrogens is 5. The van der Waals surface area contributed by atoms with E-state index in [-0.39, 0.29) is 6.10 Å². The van der Waals surface area contributed by atoms with Crippen molar-refractivity contribution < 1.29 is 9.15 Å². The molecule has 0 N–H and O–H groups in total. The molecule has 0 saturated carbocycles. The van der Waals surface area contributed by atoms with Gasteiger partial charge in [-0.2, -0.15) is 0 Å². The Morgan fingerprint density at radius 2 is 2.16 bits per heavy atom. The lowest BCUT2D eigenvalue weighted by molar-refractivity contribution is 0.0953. The fraction of sp³-hybridized carbons (Fsp3) is 0.429. The van der Waals surface area contributed by atoms with E-state index in [9.17, 15) is 0 Å². The van der Waals surface area contributed by atoms with E-state index in [2.05, 4.69) is 56.3 Å². The van der Waals surface area contributed by atoms with Crippen molar-refractivity contribution in [2.45, 2.75) is 56.7 Å². The molecule has 0 radical (unpaired) electrons. The second-order valence-corrected chi connectivity index (χ2v) is 10.4. The van der Waals surface area contributed by atoms with E-state index in [1.165, 1.54) is 10.4 Å². The number of thioether (sulfide) groups is 1. The molecule has 4 aromatic heterocycles. The Bertz CT molecular complexity index is 1140. The summed E-state index contributed by atoms with van der Waals surface area (Å²) in [5.74, 6) is 2.61. The maximum atomic E-state index is 5.94. The maximum Gasteiger partial charge on any atom is 0.257 e. The molecule has 5 heterocycles. The van der Waals surface area contributed by atoms with Crippen LogP contribution in [-0.2, 0) is 23.5 Å². The Morgan fingerprint density at radius 3 is 2.90 bits per heavy atom. The second kappa shape index (κ2) is 9.23. The van der Waals surface area contributed by atoms with Gasteiger partial charge >= 0.3 is 0 Å². The van der Waals surface area contributed by atoms with Crippen molar-refractivity contribution in [3.05, 3.63) is 39.9 Å². The lowest BCUT2D eigenvalue weighted by atomic mass is 10.2. The van der Waals surface area contributed by atoms with Crippen LogP contribution in [0.25, 0.3) is 21.5 Å². The summed E-state index contributed by atoms with van der Waals surface area (Å²) in [5, 5.41) is 20.3. The van der Waals surface area contributed by atoms with E-state index in [1.54, 1.807) is 34.4 Å². The first-order chi connectivity index (χ1) is 15.2. The van der Waals surface area contributed by atoms with Crippen LogP contribution in [0.15, 0.2) is 33.2 Å². The van der Waals surface area contributed by atoms with Gasteiger partial charge < -0.3 is 9.15 Å². The van der Waals surface area contributed by atoms with Crippen molar-refractivity contribution in [1.82, 2.24) is 25.0 Å². The Labute approximate surface area is 192 Å². The van der Waals surface area contributed by atoms with E-state index in [1.807, 2.05) is 6.07 Å². The molecular weight excluding hydrogens is 450 g/mol. The average molecular weight is 474 g/mol. The average Bonchev–Trinajstić information content (AvgIpc) is 3.57. The normalized spacial score (nSPS) is 16.4. The van der Waals surface area contributed by atoms with E-state index < -0.39 is 0 Å². The van der Waals surface area contributed by atoms with Crippen molar-refractivity contribution in [3.63, 3.8) is 0 Å². The van der Waals surface area contributed by atoms with Crippen molar-refractivity contribution in [3.8, 4) is 21.5 Å². The third kappa shape index (κ3) is 4.48. The van der Waals surface area contributed by atoms with Gasteiger partial charge in [0.2, 0.25) is 5.89 Å². The Hall–Kier alpha value is -2.01. The highest BCUT2D eigenvalue weighted by molar-refractivity contribution is 7.98. The monoisotopic (exact) mass is 473 g/mol. The van der Waals surface area contributed by atoms with E-state index >= 15 is 0 Å². The van der Waals surface area contributed by atoms with Crippen molar-refractivity contribution in [2.75, 3.05) is 6.61 Å². The first-order valence-electron chi connectivity index (χ1n) is 10.3. The summed E-state index contributed by atoms with van der Waals surface area (Å²) < 4.78 is 14.0. The van der Waals surface area contributed by atoms with Crippen molar-refractivity contribution >= 4 is 34.4 Å². The van der Waals surface area contributed by atoms with Crippen molar-refractivity contribution in [2.24, 2.45) is 0 Å². The topological polar surface area (TPSA) is 78.9 Å². The second-order valence-electron chi connectivity index (χ2n) is 7.39. The predicted octanol–water partition coefficient (Wildman–Crippen LogP) is 5.46. The fourth-order valence-electron chi connectivity index (χ4n) is 3.65. The van der Waals surface area contributed by atoms with Gasteiger partial charge in [0.1, 0.15) is 0 Å². The predicted molar refractivity (Wildman–Crippen MR) is 124 cm³/mol. The fourth-order valence-corrected chi connectivity index (χ4v) is 6.19. The van der Waals surface area contributed by atoms with Gasteiger partial charge in [-0.05, 0) is 49.3 Å². The largest absolute Gasteiger partial charge is 0.419 e. The molecule has 0 spiro atoms. The Balaban J connectivity index is 1.33. The number of ether oxygens (including phenoxy) is 1. The summed E-state index contributed by atoms with van der Waals surface area (Å²) in [4.78, 5) is 3.49. The van der Waals surface area contributed by atoms with Crippen molar-refractivity contribution in [1.29, 1.82) is 0 Å². The molecule has 4 aromatic rings. The molecule has 0 unspecified atom stereocenters. The molecule has 1 atom stereocenters. The molecule has 0 amide bonds. The zero-order valence-corrected chi connectivity index (χ0v) is 19.9. The third-order valence-electron chi connectivity index (χ3n) is 5.21. The summed E-state index contributed by atoms with van der Waals surface area (Å²) in [6, 6.07) is 6.24. The molecule has 1 fully saturated rings. The molecule has 162 valence electrons. The lowest BCUT2D eigenvalue weighted by Gasteiger charge is -2.13. The van der Waals surface area contributed by atoms with E-state index in [4.69, 9.17) is 9.15 Å². The van der Waals surface area contributed by atoms with Gasteiger partial charge in [-0.25, -0.2) is 0 Å². The van der Waals surface area contributed by atoms with Gasteiger partial charge in [0.15, 0.2) is 11.0 Å². The summed E-state index contributed by atoms with van der Waals surface area (Å²) in [5.41, 5.74) is 1.28. The molecule has 1 saturated heterocycles. The maximum absolute atomic E-state index is 5.94. The molecule has 0 aliphatic carbocycles. The number of rotatable bonds is 8. The van der Waals surface area contributed by atoms with Crippen LogP contribution >= 0.6 is 34.4 Å². The smallest absolute Gasteiger partial charge is 0.257 e. The number of hydrogen-bond donors (Lipinski definition) is 0. The quantitative estimate of drug-likeness (QED) is 0.314. The molecule has 0 bridgehead atoms. The van der Waals surface area contributed by atoms with Gasteiger partial charge in [0.25, 0.3) is 5.89 Å². The van der Waals surface area contributed by atoms with Gasteiger partial charge in [-0.15, -0.1) is 43.1 Å². The molecule has 10 heteroatoms. The summed E-state index contributed by atoms with van der Waals surface area (Å²) in [6.45, 7) is 5.87. The van der Waals surface area contributed by atoms with E-state index in [0.717, 1.165) is 53.1 Å². The molecule has 7 nitrogen and oxygen atoms in total. The van der Waals surface area contributed by atoms with Gasteiger partial charge in [0.05, 0.1) is 28.2 Å². The minimum absolute atomic E-state index is 0.207. The SMILES string of the molecule is CCc1sc(-c2nnc(CSc3nnc(-c4cccs4)n3C[C@H]3CCCO3)o2)cc1C. The summed E-state index contributed by atoms with van der Waals surface area (Å²) in [7, 11) is 0. The van der Waals surface area contributed by atoms with Crippen LogP contribution < -0.4 is 0 Å². The molecule has 0 aromatic carbocycles. The van der Waals surface area contributed by atoms with Crippen LogP contribution in [0.1, 0.15) is 36.1 Å². The van der Waals surface area contributed by atoms with Crippen LogP contribution in [0.5, 0.6) is 0 Å². The van der Waals surface area contributed by atoms with Crippen LogP contribution in [0, 0.1) is 6.92 Å². The standard InChI is InChI=1S/C21H23N5O2S3/c1-3-15-13(2)10-17(31-15)20-24-22-18(28-20)12-30-21-25-23-19(16-7-5-9-29-16)26(21)11-14-6-4-8-27-14/h5,7,9-10,14H,3-4,6,8,11-12H2,1-2H3/t14-/m1/s1. The van der Waals surface area contributed by atoms with Crippen LogP contribution in [0.2, 0.25) is 0 Å². The highest BCUT2D eigenvalue weighted by Crippen LogP contribution is 2.33. The molecule has 31 heavy (non-hydrogen) atoms. The minimum Gasteiger partial charge on any atom is -0.419 e. The van der Waals surface area contributed by atoms with E-state index in [0.29, 0.717) is 17.5 Å². The first kappa shape index (κ1) is 20.9. The summed E-state index contributed by atoms with van der Waals surface area (Å²) in [6.07, 6.45) is 3.40. The zero-order chi connectivity index (χ0) is 21.2. The van der Waals surface area contributed by atoms with Gasteiger partial charge in [0, 0.05) is 11.5 Å².